The van der Waals surface area contributed by atoms with Crippen LogP contribution < -0.4 is 16.2 Å². The Morgan fingerprint density at radius 1 is 1.44 bits per heavy atom. The maximum atomic E-state index is 5.62. The monoisotopic (exact) mass is 246 g/mol. The lowest BCUT2D eigenvalue weighted by Crippen LogP contribution is -2.47. The van der Waals surface area contributed by atoms with E-state index in [0.717, 1.165) is 44.7 Å². The summed E-state index contributed by atoms with van der Waals surface area (Å²) >= 11 is 0. The molecule has 0 saturated heterocycles. The molecule has 98 valence electrons. The van der Waals surface area contributed by atoms with Crippen LogP contribution in [0, 0.1) is 0 Å². The number of unbranched alkanes of at least 4 members (excludes halogenated alkanes) is 1. The minimum Gasteiger partial charge on any atom is -0.311 e. The quantitative estimate of drug-likeness (QED) is 0.282. The topological polar surface area (TPSA) is 53.6 Å². The average Bonchev–Trinajstić information content (AvgIpc) is 2.43. The van der Waals surface area contributed by atoms with Gasteiger partial charge < -0.3 is 4.90 Å². The molecule has 1 aromatic rings. The van der Waals surface area contributed by atoms with E-state index < -0.39 is 0 Å². The standard InChI is InChI=1S/C14H22N4/c1-2-3-10-16-14(17-15)18-11-6-8-12-7-4-5-9-13(12)18/h4-5,7,9H,2-3,6,8,10-11,15H2,1H3,(H,16,17). The van der Waals surface area contributed by atoms with Crippen molar-refractivity contribution in [2.45, 2.75) is 32.6 Å². The fourth-order valence-electron chi connectivity index (χ4n) is 2.31. The summed E-state index contributed by atoms with van der Waals surface area (Å²) in [6, 6.07) is 8.48. The van der Waals surface area contributed by atoms with Crippen LogP contribution in [0.4, 0.5) is 5.69 Å². The molecule has 0 aliphatic carbocycles. The van der Waals surface area contributed by atoms with Crippen molar-refractivity contribution < 1.29 is 0 Å². The van der Waals surface area contributed by atoms with Crippen molar-refractivity contribution >= 4 is 11.6 Å². The maximum absolute atomic E-state index is 5.62. The first-order chi connectivity index (χ1) is 8.86. The number of fused-ring (bicyclic) bond motifs is 1. The van der Waals surface area contributed by atoms with Gasteiger partial charge in [-0.25, -0.2) is 5.84 Å². The number of guanidine groups is 1. The Bertz CT molecular complexity index is 414. The average molecular weight is 246 g/mol. The lowest BCUT2D eigenvalue weighted by molar-refractivity contribution is 0.748. The van der Waals surface area contributed by atoms with Crippen LogP contribution in [0.25, 0.3) is 0 Å². The number of nitrogens with one attached hydrogen (secondary N) is 1. The van der Waals surface area contributed by atoms with E-state index in [1.807, 2.05) is 0 Å². The molecule has 1 aliphatic heterocycles. The third-order valence-corrected chi connectivity index (χ3v) is 3.27. The number of aryl methyl sites for hydroxylation is 1. The lowest BCUT2D eigenvalue weighted by Gasteiger charge is -2.31. The predicted octanol–water partition coefficient (Wildman–Crippen LogP) is 2.06. The highest BCUT2D eigenvalue weighted by Crippen LogP contribution is 2.26. The molecule has 1 aliphatic rings. The van der Waals surface area contributed by atoms with Crippen molar-refractivity contribution in [2.24, 2.45) is 10.8 Å². The van der Waals surface area contributed by atoms with Gasteiger partial charge in [-0.2, -0.15) is 0 Å². The number of hydrogen-bond donors (Lipinski definition) is 2. The molecule has 2 rings (SSSR count). The number of para-hydroxylation sites is 1. The van der Waals surface area contributed by atoms with Crippen molar-refractivity contribution in [1.82, 2.24) is 5.43 Å². The van der Waals surface area contributed by atoms with Gasteiger partial charge in [0.2, 0.25) is 5.96 Å². The zero-order valence-corrected chi connectivity index (χ0v) is 11.0. The molecule has 0 saturated carbocycles. The maximum Gasteiger partial charge on any atom is 0.212 e. The van der Waals surface area contributed by atoms with Crippen molar-refractivity contribution in [2.75, 3.05) is 18.0 Å². The molecule has 0 atom stereocenters. The largest absolute Gasteiger partial charge is 0.311 e. The summed E-state index contributed by atoms with van der Waals surface area (Å²) in [5.41, 5.74) is 5.36. The van der Waals surface area contributed by atoms with Gasteiger partial charge in [0, 0.05) is 18.8 Å². The number of nitrogens with zero attached hydrogens (tertiary/aromatic N) is 2. The third-order valence-electron chi connectivity index (χ3n) is 3.27. The Hall–Kier alpha value is -1.55. The van der Waals surface area contributed by atoms with E-state index in [0.29, 0.717) is 0 Å². The summed E-state index contributed by atoms with van der Waals surface area (Å²) in [7, 11) is 0. The first-order valence-corrected chi connectivity index (χ1v) is 6.73. The van der Waals surface area contributed by atoms with Gasteiger partial charge in [-0.3, -0.25) is 10.4 Å². The van der Waals surface area contributed by atoms with Crippen LogP contribution in [0.1, 0.15) is 31.7 Å². The Kier molecular flexibility index (Phi) is 4.59. The van der Waals surface area contributed by atoms with Gasteiger partial charge in [0.1, 0.15) is 0 Å². The Labute approximate surface area is 109 Å². The molecule has 0 radical (unpaired) electrons. The molecule has 0 bridgehead atoms. The van der Waals surface area contributed by atoms with E-state index in [-0.39, 0.29) is 0 Å². The smallest absolute Gasteiger partial charge is 0.212 e. The van der Waals surface area contributed by atoms with Crippen LogP contribution in [0.2, 0.25) is 0 Å². The van der Waals surface area contributed by atoms with E-state index in [9.17, 15) is 0 Å². The molecule has 1 aromatic carbocycles. The molecule has 0 aromatic heterocycles. The van der Waals surface area contributed by atoms with E-state index in [4.69, 9.17) is 5.84 Å². The lowest BCUT2D eigenvalue weighted by atomic mass is 10.0. The molecule has 1 heterocycles. The molecule has 4 heteroatoms. The van der Waals surface area contributed by atoms with Gasteiger partial charge in [-0.05, 0) is 30.9 Å². The van der Waals surface area contributed by atoms with Gasteiger partial charge in [0.15, 0.2) is 0 Å². The predicted molar refractivity (Wildman–Crippen MR) is 76.6 cm³/mol. The zero-order valence-electron chi connectivity index (χ0n) is 11.0. The van der Waals surface area contributed by atoms with Crippen molar-refractivity contribution in [1.29, 1.82) is 0 Å². The van der Waals surface area contributed by atoms with E-state index >= 15 is 0 Å². The normalized spacial score (nSPS) is 15.4. The number of anilines is 1. The molecule has 3 N–H and O–H groups in total. The third kappa shape index (κ3) is 2.82. The fourth-order valence-corrected chi connectivity index (χ4v) is 2.31. The second kappa shape index (κ2) is 6.40. The Balaban J connectivity index is 2.19. The number of hydrogen-bond acceptors (Lipinski definition) is 2. The molecule has 0 spiro atoms. The van der Waals surface area contributed by atoms with Crippen molar-refractivity contribution in [3.8, 4) is 0 Å². The Morgan fingerprint density at radius 3 is 3.06 bits per heavy atom. The molecule has 4 nitrogen and oxygen atoms in total. The minimum absolute atomic E-state index is 0.788. The summed E-state index contributed by atoms with van der Waals surface area (Å²) in [5, 5.41) is 0. The Morgan fingerprint density at radius 2 is 2.28 bits per heavy atom. The van der Waals surface area contributed by atoms with Crippen LogP contribution >= 0.6 is 0 Å². The van der Waals surface area contributed by atoms with Gasteiger partial charge in [-0.1, -0.05) is 31.5 Å². The summed E-state index contributed by atoms with van der Waals surface area (Å²) in [5.74, 6) is 6.41. The van der Waals surface area contributed by atoms with E-state index in [2.05, 4.69) is 46.5 Å². The summed E-state index contributed by atoms with van der Waals surface area (Å²) in [4.78, 5) is 6.75. The minimum atomic E-state index is 0.788. The second-order valence-electron chi connectivity index (χ2n) is 4.59. The number of nitrogens with two attached hydrogens (primary N) is 1. The molecular weight excluding hydrogens is 224 g/mol. The molecule has 0 fully saturated rings. The van der Waals surface area contributed by atoms with Gasteiger partial charge in [0.25, 0.3) is 0 Å². The summed E-state index contributed by atoms with van der Waals surface area (Å²) in [6.07, 6.45) is 4.53. The van der Waals surface area contributed by atoms with Gasteiger partial charge in [0.05, 0.1) is 0 Å². The highest BCUT2D eigenvalue weighted by atomic mass is 15.4. The number of hydrazine groups is 1. The van der Waals surface area contributed by atoms with Gasteiger partial charge in [-0.15, -0.1) is 0 Å². The number of rotatable bonds is 3. The summed E-state index contributed by atoms with van der Waals surface area (Å²) in [6.45, 7) is 3.97. The first-order valence-electron chi connectivity index (χ1n) is 6.73. The highest BCUT2D eigenvalue weighted by Gasteiger charge is 2.19. The van der Waals surface area contributed by atoms with Crippen LogP contribution in [-0.2, 0) is 6.42 Å². The number of aliphatic imine (C=N–C) groups is 1. The van der Waals surface area contributed by atoms with Crippen LogP contribution in [0.15, 0.2) is 29.3 Å². The highest BCUT2D eigenvalue weighted by molar-refractivity contribution is 5.96. The molecular formula is C14H22N4. The molecule has 0 unspecified atom stereocenters. The van der Waals surface area contributed by atoms with Gasteiger partial charge >= 0.3 is 0 Å². The van der Waals surface area contributed by atoms with Crippen LogP contribution in [0.3, 0.4) is 0 Å². The summed E-state index contributed by atoms with van der Waals surface area (Å²) < 4.78 is 0. The molecule has 0 amide bonds. The van der Waals surface area contributed by atoms with E-state index in [1.165, 1.54) is 11.3 Å². The van der Waals surface area contributed by atoms with Crippen molar-refractivity contribution in [3.05, 3.63) is 29.8 Å². The van der Waals surface area contributed by atoms with Crippen LogP contribution in [0.5, 0.6) is 0 Å². The second-order valence-corrected chi connectivity index (χ2v) is 4.59. The van der Waals surface area contributed by atoms with Crippen LogP contribution in [-0.4, -0.2) is 19.0 Å². The molecule has 18 heavy (non-hydrogen) atoms. The van der Waals surface area contributed by atoms with E-state index in [1.54, 1.807) is 0 Å². The number of benzene rings is 1. The first kappa shape index (κ1) is 12.9. The zero-order chi connectivity index (χ0) is 12.8. The fraction of sp³-hybridized carbons (Fsp3) is 0.500. The SMILES string of the molecule is CCCCN=C(NN)N1CCCc2ccccc21. The van der Waals surface area contributed by atoms with Crippen molar-refractivity contribution in [3.63, 3.8) is 0 Å².